The predicted octanol–water partition coefficient (Wildman–Crippen LogP) is 3.39. The van der Waals surface area contributed by atoms with Crippen LogP contribution in [0.15, 0.2) is 24.3 Å². The Balaban J connectivity index is 2.09. The maximum atomic E-state index is 12.8. The van der Waals surface area contributed by atoms with Gasteiger partial charge in [0.1, 0.15) is 6.04 Å². The zero-order chi connectivity index (χ0) is 19.3. The molecule has 1 aromatic rings. The highest BCUT2D eigenvalue weighted by atomic mass is 16.4. The summed E-state index contributed by atoms with van der Waals surface area (Å²) in [6.07, 6.45) is 2.51. The molecular weight excluding hydrogens is 332 g/mol. The molecule has 26 heavy (non-hydrogen) atoms. The van der Waals surface area contributed by atoms with Crippen molar-refractivity contribution in [1.82, 2.24) is 4.90 Å². The van der Waals surface area contributed by atoms with E-state index < -0.39 is 12.0 Å². The third kappa shape index (κ3) is 5.07. The number of aliphatic carboxylic acids is 1. The molecule has 2 amide bonds. The van der Waals surface area contributed by atoms with Crippen LogP contribution in [0, 0.1) is 11.8 Å². The minimum atomic E-state index is -0.967. The summed E-state index contributed by atoms with van der Waals surface area (Å²) in [6, 6.07) is 5.94. The average Bonchev–Trinajstić information content (AvgIpc) is 2.61. The highest BCUT2D eigenvalue weighted by Crippen LogP contribution is 2.22. The number of nitrogens with one attached hydrogen (secondary N) is 1. The number of anilines is 1. The van der Waals surface area contributed by atoms with Crippen molar-refractivity contribution < 1.29 is 19.5 Å². The normalized spacial score (nSPS) is 18.5. The van der Waals surface area contributed by atoms with Crippen LogP contribution in [0.25, 0.3) is 0 Å². The number of likely N-dealkylation sites (tertiary alicyclic amines) is 1. The molecule has 6 nitrogen and oxygen atoms in total. The van der Waals surface area contributed by atoms with Gasteiger partial charge >= 0.3 is 5.97 Å². The van der Waals surface area contributed by atoms with Crippen LogP contribution in [0.4, 0.5) is 5.69 Å². The second-order valence-corrected chi connectivity index (χ2v) is 7.40. The Kier molecular flexibility index (Phi) is 6.77. The smallest absolute Gasteiger partial charge is 0.326 e. The molecule has 1 fully saturated rings. The van der Waals surface area contributed by atoms with Gasteiger partial charge in [-0.25, -0.2) is 4.79 Å². The summed E-state index contributed by atoms with van der Waals surface area (Å²) in [4.78, 5) is 37.8. The molecule has 0 bridgehead atoms. The molecule has 0 spiro atoms. The van der Waals surface area contributed by atoms with Crippen molar-refractivity contribution in [2.24, 2.45) is 11.8 Å². The minimum Gasteiger partial charge on any atom is -0.480 e. The molecule has 0 aliphatic carbocycles. The van der Waals surface area contributed by atoms with Gasteiger partial charge in [0.05, 0.1) is 0 Å². The fraction of sp³-hybridized carbons (Fsp3) is 0.550. The van der Waals surface area contributed by atoms with Gasteiger partial charge in [0.2, 0.25) is 5.91 Å². The molecule has 0 saturated carbocycles. The topological polar surface area (TPSA) is 86.7 Å². The van der Waals surface area contributed by atoms with Gasteiger partial charge in [-0.05, 0) is 49.3 Å². The van der Waals surface area contributed by atoms with Gasteiger partial charge in [-0.15, -0.1) is 0 Å². The first-order valence-electron chi connectivity index (χ1n) is 9.23. The van der Waals surface area contributed by atoms with Crippen LogP contribution in [0.3, 0.4) is 0 Å². The average molecular weight is 360 g/mol. The number of amides is 2. The fourth-order valence-electron chi connectivity index (χ4n) is 3.07. The number of nitrogens with zero attached hydrogens (tertiary/aromatic N) is 1. The number of carboxylic acid groups (broad SMARTS) is 1. The molecule has 2 atom stereocenters. The van der Waals surface area contributed by atoms with Gasteiger partial charge in [-0.1, -0.05) is 26.8 Å². The molecule has 1 aliphatic rings. The maximum Gasteiger partial charge on any atom is 0.326 e. The first-order valence-corrected chi connectivity index (χ1v) is 9.23. The fourth-order valence-corrected chi connectivity index (χ4v) is 3.07. The summed E-state index contributed by atoms with van der Waals surface area (Å²) >= 11 is 0. The quantitative estimate of drug-likeness (QED) is 0.814. The summed E-state index contributed by atoms with van der Waals surface area (Å²) < 4.78 is 0. The van der Waals surface area contributed by atoms with Crippen molar-refractivity contribution in [1.29, 1.82) is 0 Å². The molecule has 1 aromatic carbocycles. The molecular formula is C20H28N2O4. The Hall–Kier alpha value is -2.37. The molecule has 1 heterocycles. The van der Waals surface area contributed by atoms with E-state index >= 15 is 0 Å². The molecule has 2 rings (SSSR count). The Morgan fingerprint density at radius 2 is 1.96 bits per heavy atom. The second-order valence-electron chi connectivity index (χ2n) is 7.40. The standard InChI is InChI=1S/C20H28N2O4/c1-13(2)14(3)11-18(23)21-16-8-6-7-15(12-16)19(24)22-10-5-4-9-17(22)20(25)26/h6-8,12-14,17H,4-5,9-11H2,1-3H3,(H,21,23)(H,25,26). The van der Waals surface area contributed by atoms with Gasteiger partial charge in [0.15, 0.2) is 0 Å². The van der Waals surface area contributed by atoms with Crippen molar-refractivity contribution in [2.75, 3.05) is 11.9 Å². The summed E-state index contributed by atoms with van der Waals surface area (Å²) in [5, 5.41) is 12.2. The number of benzene rings is 1. The van der Waals surface area contributed by atoms with E-state index in [1.807, 2.05) is 6.92 Å². The summed E-state index contributed by atoms with van der Waals surface area (Å²) in [6.45, 7) is 6.63. The number of carboxylic acids is 1. The van der Waals surface area contributed by atoms with Crippen LogP contribution in [-0.2, 0) is 9.59 Å². The van der Waals surface area contributed by atoms with Gasteiger partial charge in [0.25, 0.3) is 5.91 Å². The van der Waals surface area contributed by atoms with Crippen molar-refractivity contribution in [3.8, 4) is 0 Å². The van der Waals surface area contributed by atoms with E-state index in [-0.39, 0.29) is 17.7 Å². The lowest BCUT2D eigenvalue weighted by molar-refractivity contribution is -0.143. The molecule has 142 valence electrons. The molecule has 0 aromatic heterocycles. The molecule has 2 N–H and O–H groups in total. The van der Waals surface area contributed by atoms with E-state index in [9.17, 15) is 19.5 Å². The Morgan fingerprint density at radius 3 is 2.62 bits per heavy atom. The summed E-state index contributed by atoms with van der Waals surface area (Å²) in [5.74, 6) is -0.670. The number of rotatable bonds is 6. The molecule has 6 heteroatoms. The van der Waals surface area contributed by atoms with Gasteiger partial charge in [-0.3, -0.25) is 9.59 Å². The van der Waals surface area contributed by atoms with E-state index in [1.54, 1.807) is 24.3 Å². The Labute approximate surface area is 154 Å². The van der Waals surface area contributed by atoms with Crippen molar-refractivity contribution in [3.05, 3.63) is 29.8 Å². The van der Waals surface area contributed by atoms with E-state index in [0.29, 0.717) is 36.6 Å². The summed E-state index contributed by atoms with van der Waals surface area (Å²) in [7, 11) is 0. The molecule has 1 saturated heterocycles. The van der Waals surface area contributed by atoms with E-state index in [4.69, 9.17) is 0 Å². The highest BCUT2D eigenvalue weighted by molar-refractivity contribution is 5.99. The first kappa shape index (κ1) is 19.9. The van der Waals surface area contributed by atoms with Crippen molar-refractivity contribution in [2.45, 2.75) is 52.5 Å². The Bertz CT molecular complexity index is 672. The number of carbonyl (C=O) groups excluding carboxylic acids is 2. The van der Waals surface area contributed by atoms with Crippen LogP contribution in [0.5, 0.6) is 0 Å². The third-order valence-electron chi connectivity index (χ3n) is 5.09. The number of carbonyl (C=O) groups is 3. The number of hydrogen-bond donors (Lipinski definition) is 2. The van der Waals surface area contributed by atoms with Gasteiger partial charge in [-0.2, -0.15) is 0 Å². The molecule has 0 radical (unpaired) electrons. The Morgan fingerprint density at radius 1 is 1.23 bits per heavy atom. The van der Waals surface area contributed by atoms with Crippen LogP contribution in [-0.4, -0.2) is 40.4 Å². The zero-order valence-corrected chi connectivity index (χ0v) is 15.7. The summed E-state index contributed by atoms with van der Waals surface area (Å²) in [5.41, 5.74) is 0.952. The van der Waals surface area contributed by atoms with Gasteiger partial charge < -0.3 is 15.3 Å². The van der Waals surface area contributed by atoms with Crippen LogP contribution in [0.2, 0.25) is 0 Å². The third-order valence-corrected chi connectivity index (χ3v) is 5.09. The lowest BCUT2D eigenvalue weighted by atomic mass is 9.94. The van der Waals surface area contributed by atoms with Crippen molar-refractivity contribution >= 4 is 23.5 Å². The second kappa shape index (κ2) is 8.83. The van der Waals surface area contributed by atoms with E-state index in [1.165, 1.54) is 4.90 Å². The largest absolute Gasteiger partial charge is 0.480 e. The monoisotopic (exact) mass is 360 g/mol. The van der Waals surface area contributed by atoms with Gasteiger partial charge in [0, 0.05) is 24.2 Å². The first-order chi connectivity index (χ1) is 12.3. The molecule has 1 aliphatic heterocycles. The number of hydrogen-bond acceptors (Lipinski definition) is 3. The molecule has 2 unspecified atom stereocenters. The van der Waals surface area contributed by atoms with Crippen LogP contribution < -0.4 is 5.32 Å². The van der Waals surface area contributed by atoms with Crippen molar-refractivity contribution in [3.63, 3.8) is 0 Å². The predicted molar refractivity (Wildman–Crippen MR) is 100 cm³/mol. The van der Waals surface area contributed by atoms with E-state index in [0.717, 1.165) is 12.8 Å². The minimum absolute atomic E-state index is 0.0859. The lowest BCUT2D eigenvalue weighted by Crippen LogP contribution is -2.48. The van der Waals surface area contributed by atoms with Crippen LogP contribution in [0.1, 0.15) is 56.8 Å². The highest BCUT2D eigenvalue weighted by Gasteiger charge is 2.32. The van der Waals surface area contributed by atoms with E-state index in [2.05, 4.69) is 19.2 Å². The maximum absolute atomic E-state index is 12.8. The SMILES string of the molecule is CC(C)C(C)CC(=O)Nc1cccc(C(=O)N2CCCCC2C(=O)O)c1. The lowest BCUT2D eigenvalue weighted by Gasteiger charge is -2.33. The van der Waals surface area contributed by atoms with Crippen LogP contribution >= 0.6 is 0 Å². The number of piperidine rings is 1. The zero-order valence-electron chi connectivity index (χ0n) is 15.7.